The van der Waals surface area contributed by atoms with Gasteiger partial charge in [0.2, 0.25) is 10.0 Å². The number of benzene rings is 2. The van der Waals surface area contributed by atoms with E-state index in [0.29, 0.717) is 13.1 Å². The van der Waals surface area contributed by atoms with Crippen molar-refractivity contribution in [1.29, 1.82) is 0 Å². The van der Waals surface area contributed by atoms with Gasteiger partial charge in [0.05, 0.1) is 10.5 Å². The summed E-state index contributed by atoms with van der Waals surface area (Å²) in [6.45, 7) is 3.18. The standard InChI is InChI=1S/C20H23NO4S/c1-16-8-3-4-9-18(16)15-25-20(22)17-10-7-11-19(14-17)26(23,24)21-12-5-2-6-13-21/h3-4,7-11,14H,2,5-6,12-13,15H2,1H3. The summed E-state index contributed by atoms with van der Waals surface area (Å²) < 4.78 is 32.4. The highest BCUT2D eigenvalue weighted by Gasteiger charge is 2.26. The van der Waals surface area contributed by atoms with Crippen LogP contribution in [0.1, 0.15) is 40.7 Å². The second-order valence-electron chi connectivity index (χ2n) is 6.50. The number of carbonyl (C=O) groups is 1. The lowest BCUT2D eigenvalue weighted by atomic mass is 10.1. The molecule has 1 fully saturated rings. The average molecular weight is 373 g/mol. The van der Waals surface area contributed by atoms with Gasteiger partial charge in [-0.2, -0.15) is 4.31 Å². The molecule has 2 aromatic carbocycles. The number of aryl methyl sites for hydroxylation is 1. The zero-order valence-electron chi connectivity index (χ0n) is 14.8. The normalized spacial score (nSPS) is 15.6. The maximum Gasteiger partial charge on any atom is 0.338 e. The summed E-state index contributed by atoms with van der Waals surface area (Å²) in [7, 11) is -3.57. The van der Waals surface area contributed by atoms with Crippen molar-refractivity contribution in [2.45, 2.75) is 37.7 Å². The van der Waals surface area contributed by atoms with Crippen LogP contribution in [-0.4, -0.2) is 31.8 Å². The topological polar surface area (TPSA) is 63.7 Å². The molecule has 1 saturated heterocycles. The van der Waals surface area contributed by atoms with E-state index in [1.165, 1.54) is 16.4 Å². The summed E-state index contributed by atoms with van der Waals surface area (Å²) in [6.07, 6.45) is 2.80. The Bertz CT molecular complexity index is 886. The lowest BCUT2D eigenvalue weighted by Crippen LogP contribution is -2.35. The molecule has 3 rings (SSSR count). The van der Waals surface area contributed by atoms with Gasteiger partial charge in [0.15, 0.2) is 0 Å². The Kier molecular flexibility index (Phi) is 5.74. The van der Waals surface area contributed by atoms with E-state index in [1.807, 2.05) is 31.2 Å². The van der Waals surface area contributed by atoms with Gasteiger partial charge in [0.1, 0.15) is 6.61 Å². The SMILES string of the molecule is Cc1ccccc1COC(=O)c1cccc(S(=O)(=O)N2CCCCC2)c1. The number of carbonyl (C=O) groups excluding carboxylic acids is 1. The van der Waals surface area contributed by atoms with E-state index in [2.05, 4.69) is 0 Å². The fourth-order valence-electron chi connectivity index (χ4n) is 3.04. The number of ether oxygens (including phenoxy) is 1. The number of esters is 1. The third-order valence-electron chi connectivity index (χ3n) is 4.64. The molecule has 0 amide bonds. The summed E-state index contributed by atoms with van der Waals surface area (Å²) in [5.74, 6) is -0.524. The van der Waals surface area contributed by atoms with Gasteiger partial charge >= 0.3 is 5.97 Å². The monoisotopic (exact) mass is 373 g/mol. The Labute approximate surface area is 154 Å². The average Bonchev–Trinajstić information content (AvgIpc) is 2.68. The third-order valence-corrected chi connectivity index (χ3v) is 6.54. The van der Waals surface area contributed by atoms with Gasteiger partial charge in [-0.1, -0.05) is 36.8 Å². The van der Waals surface area contributed by atoms with E-state index >= 15 is 0 Å². The molecule has 1 aliphatic rings. The van der Waals surface area contributed by atoms with E-state index in [0.717, 1.165) is 30.4 Å². The molecule has 0 aliphatic carbocycles. The second kappa shape index (κ2) is 8.01. The number of rotatable bonds is 5. The van der Waals surface area contributed by atoms with E-state index in [-0.39, 0.29) is 17.1 Å². The smallest absolute Gasteiger partial charge is 0.338 e. The highest BCUT2D eigenvalue weighted by atomic mass is 32.2. The molecule has 26 heavy (non-hydrogen) atoms. The first kappa shape index (κ1) is 18.6. The Morgan fingerprint density at radius 2 is 1.77 bits per heavy atom. The van der Waals surface area contributed by atoms with Crippen LogP contribution in [0.2, 0.25) is 0 Å². The molecular formula is C20H23NO4S. The molecule has 138 valence electrons. The molecule has 6 heteroatoms. The van der Waals surface area contributed by atoms with Crippen LogP contribution in [0.4, 0.5) is 0 Å². The number of sulfonamides is 1. The van der Waals surface area contributed by atoms with Gasteiger partial charge in [-0.05, 0) is 49.1 Å². The minimum absolute atomic E-state index is 0.143. The molecule has 1 heterocycles. The molecule has 1 aliphatic heterocycles. The fourth-order valence-corrected chi connectivity index (χ4v) is 4.60. The molecule has 0 atom stereocenters. The zero-order valence-corrected chi connectivity index (χ0v) is 15.7. The molecule has 5 nitrogen and oxygen atoms in total. The molecule has 0 bridgehead atoms. The lowest BCUT2D eigenvalue weighted by Gasteiger charge is -2.25. The molecule has 0 aromatic heterocycles. The highest BCUT2D eigenvalue weighted by molar-refractivity contribution is 7.89. The van der Waals surface area contributed by atoms with Crippen molar-refractivity contribution >= 4 is 16.0 Å². The van der Waals surface area contributed by atoms with Crippen LogP contribution in [0.25, 0.3) is 0 Å². The van der Waals surface area contributed by atoms with Crippen molar-refractivity contribution in [3.63, 3.8) is 0 Å². The summed E-state index contributed by atoms with van der Waals surface area (Å²) >= 11 is 0. The van der Waals surface area contributed by atoms with Crippen molar-refractivity contribution in [1.82, 2.24) is 4.31 Å². The summed E-state index contributed by atoms with van der Waals surface area (Å²) in [5.41, 5.74) is 2.22. The van der Waals surface area contributed by atoms with Gasteiger partial charge in [-0.25, -0.2) is 13.2 Å². The van der Waals surface area contributed by atoms with E-state index < -0.39 is 16.0 Å². The first-order valence-electron chi connectivity index (χ1n) is 8.80. The quantitative estimate of drug-likeness (QED) is 0.752. The van der Waals surface area contributed by atoms with Gasteiger partial charge in [0, 0.05) is 13.1 Å². The second-order valence-corrected chi connectivity index (χ2v) is 8.43. The van der Waals surface area contributed by atoms with Gasteiger partial charge in [-0.15, -0.1) is 0 Å². The molecule has 0 radical (unpaired) electrons. The molecular weight excluding hydrogens is 350 g/mol. The van der Waals surface area contributed by atoms with Crippen molar-refractivity contribution in [2.75, 3.05) is 13.1 Å². The molecule has 0 saturated carbocycles. The maximum absolute atomic E-state index is 12.8. The first-order chi connectivity index (χ1) is 12.5. The minimum Gasteiger partial charge on any atom is -0.457 e. The van der Waals surface area contributed by atoms with Gasteiger partial charge in [0.25, 0.3) is 0 Å². The lowest BCUT2D eigenvalue weighted by molar-refractivity contribution is 0.0472. The number of hydrogen-bond donors (Lipinski definition) is 0. The van der Waals surface area contributed by atoms with Crippen LogP contribution >= 0.6 is 0 Å². The van der Waals surface area contributed by atoms with Crippen molar-refractivity contribution in [3.05, 3.63) is 65.2 Å². The summed E-state index contributed by atoms with van der Waals surface area (Å²) in [5, 5.41) is 0. The fraction of sp³-hybridized carbons (Fsp3) is 0.350. The van der Waals surface area contributed by atoms with Crippen LogP contribution in [0.5, 0.6) is 0 Å². The number of nitrogens with zero attached hydrogens (tertiary/aromatic N) is 1. The number of hydrogen-bond acceptors (Lipinski definition) is 4. The summed E-state index contributed by atoms with van der Waals surface area (Å²) in [4.78, 5) is 12.5. The maximum atomic E-state index is 12.8. The highest BCUT2D eigenvalue weighted by Crippen LogP contribution is 2.22. The van der Waals surface area contributed by atoms with Crippen molar-refractivity contribution in [2.24, 2.45) is 0 Å². The Morgan fingerprint density at radius 1 is 1.04 bits per heavy atom. The van der Waals surface area contributed by atoms with Gasteiger partial charge < -0.3 is 4.74 Å². The van der Waals surface area contributed by atoms with E-state index in [4.69, 9.17) is 4.74 Å². The van der Waals surface area contributed by atoms with Crippen molar-refractivity contribution < 1.29 is 17.9 Å². The molecule has 0 N–H and O–H groups in total. The molecule has 0 unspecified atom stereocenters. The first-order valence-corrected chi connectivity index (χ1v) is 10.2. The number of piperidine rings is 1. The summed E-state index contributed by atoms with van der Waals surface area (Å²) in [6, 6.07) is 13.8. The molecule has 2 aromatic rings. The van der Waals surface area contributed by atoms with Crippen molar-refractivity contribution in [3.8, 4) is 0 Å². The Hall–Kier alpha value is -2.18. The minimum atomic E-state index is -3.57. The largest absolute Gasteiger partial charge is 0.457 e. The van der Waals surface area contributed by atoms with E-state index in [9.17, 15) is 13.2 Å². The zero-order chi connectivity index (χ0) is 18.6. The Morgan fingerprint density at radius 3 is 2.50 bits per heavy atom. The predicted octanol–water partition coefficient (Wildman–Crippen LogP) is 3.53. The van der Waals surface area contributed by atoms with Crippen LogP contribution in [0.3, 0.4) is 0 Å². The Balaban J connectivity index is 1.74. The van der Waals surface area contributed by atoms with Crippen LogP contribution in [0.15, 0.2) is 53.4 Å². The molecule has 0 spiro atoms. The van der Waals surface area contributed by atoms with Crippen LogP contribution < -0.4 is 0 Å². The predicted molar refractivity (Wildman–Crippen MR) is 99.4 cm³/mol. The van der Waals surface area contributed by atoms with Crippen LogP contribution in [0, 0.1) is 6.92 Å². The van der Waals surface area contributed by atoms with Crippen LogP contribution in [-0.2, 0) is 21.4 Å². The van der Waals surface area contributed by atoms with E-state index in [1.54, 1.807) is 12.1 Å². The third kappa shape index (κ3) is 4.14. The van der Waals surface area contributed by atoms with Gasteiger partial charge in [-0.3, -0.25) is 0 Å².